The van der Waals surface area contributed by atoms with E-state index in [0.29, 0.717) is 6.42 Å². The van der Waals surface area contributed by atoms with Crippen LogP contribution in [0.2, 0.25) is 0 Å². The number of rotatable bonds is 4. The fraction of sp³-hybridized carbons (Fsp3) is 0.375. The second-order valence-electron chi connectivity index (χ2n) is 5.62. The molecule has 0 atom stereocenters. The largest absolute Gasteiger partial charge is 0.324 e. The first-order valence-corrected chi connectivity index (χ1v) is 6.65. The van der Waals surface area contributed by atoms with Gasteiger partial charge in [-0.3, -0.25) is 9.78 Å². The highest BCUT2D eigenvalue weighted by Crippen LogP contribution is 2.26. The maximum Gasteiger partial charge on any atom is 0.224 e. The Kier molecular flexibility index (Phi) is 3.84. The maximum absolute atomic E-state index is 12.1. The number of carbonyl (C=O) groups excluding carboxylic acids is 1. The molecule has 2 aromatic rings. The number of fused-ring (bicyclic) bond motifs is 1. The van der Waals surface area contributed by atoms with Crippen molar-refractivity contribution in [1.29, 1.82) is 0 Å². The van der Waals surface area contributed by atoms with Crippen molar-refractivity contribution in [3.05, 3.63) is 36.5 Å². The number of pyridine rings is 1. The van der Waals surface area contributed by atoms with Crippen LogP contribution in [0.5, 0.6) is 0 Å². The smallest absolute Gasteiger partial charge is 0.224 e. The maximum atomic E-state index is 12.1. The molecule has 0 saturated heterocycles. The molecule has 100 valence electrons. The summed E-state index contributed by atoms with van der Waals surface area (Å²) in [6, 6.07) is 9.72. The predicted molar refractivity (Wildman–Crippen MR) is 79.1 cm³/mol. The SMILES string of the molecule is CCC(C)(C)CC(=O)Nc1cccc2cccnc12. The molecule has 0 aliphatic heterocycles. The van der Waals surface area contributed by atoms with Crippen LogP contribution in [0.25, 0.3) is 10.9 Å². The first kappa shape index (κ1) is 13.5. The molecule has 3 heteroatoms. The van der Waals surface area contributed by atoms with Crippen LogP contribution >= 0.6 is 0 Å². The molecular weight excluding hydrogens is 236 g/mol. The highest BCUT2D eigenvalue weighted by atomic mass is 16.1. The van der Waals surface area contributed by atoms with E-state index >= 15 is 0 Å². The minimum atomic E-state index is 0.0299. The van der Waals surface area contributed by atoms with Crippen molar-refractivity contribution in [2.45, 2.75) is 33.6 Å². The van der Waals surface area contributed by atoms with Crippen LogP contribution in [0.3, 0.4) is 0 Å². The standard InChI is InChI=1S/C16H20N2O/c1-4-16(2,3)11-14(19)18-13-9-5-7-12-8-6-10-17-15(12)13/h5-10H,4,11H2,1-3H3,(H,18,19). The van der Waals surface area contributed by atoms with Gasteiger partial charge in [-0.15, -0.1) is 0 Å². The van der Waals surface area contributed by atoms with Crippen molar-refractivity contribution >= 4 is 22.5 Å². The van der Waals surface area contributed by atoms with E-state index < -0.39 is 0 Å². The molecule has 2 rings (SSSR count). The summed E-state index contributed by atoms with van der Waals surface area (Å²) in [5.74, 6) is 0.0463. The lowest BCUT2D eigenvalue weighted by Gasteiger charge is -2.21. The van der Waals surface area contributed by atoms with Gasteiger partial charge < -0.3 is 5.32 Å². The summed E-state index contributed by atoms with van der Waals surface area (Å²) in [7, 11) is 0. The van der Waals surface area contributed by atoms with Crippen LogP contribution < -0.4 is 5.32 Å². The van der Waals surface area contributed by atoms with Gasteiger partial charge in [0.2, 0.25) is 5.91 Å². The van der Waals surface area contributed by atoms with Gasteiger partial charge in [-0.2, -0.15) is 0 Å². The van der Waals surface area contributed by atoms with Crippen LogP contribution in [0, 0.1) is 5.41 Å². The number of benzene rings is 1. The van der Waals surface area contributed by atoms with Crippen molar-refractivity contribution < 1.29 is 4.79 Å². The Morgan fingerprint density at radius 2 is 2.00 bits per heavy atom. The molecule has 0 spiro atoms. The number of aromatic nitrogens is 1. The Morgan fingerprint density at radius 1 is 1.26 bits per heavy atom. The number of anilines is 1. The van der Waals surface area contributed by atoms with Gasteiger partial charge in [0.25, 0.3) is 0 Å². The van der Waals surface area contributed by atoms with Crippen molar-refractivity contribution in [3.63, 3.8) is 0 Å². The first-order chi connectivity index (χ1) is 9.02. The van der Waals surface area contributed by atoms with Crippen molar-refractivity contribution in [3.8, 4) is 0 Å². The molecule has 3 nitrogen and oxygen atoms in total. The van der Waals surface area contributed by atoms with E-state index in [4.69, 9.17) is 0 Å². The van der Waals surface area contributed by atoms with Gasteiger partial charge in [0.15, 0.2) is 0 Å². The lowest BCUT2D eigenvalue weighted by atomic mass is 9.86. The molecule has 0 aliphatic carbocycles. The number of para-hydroxylation sites is 1. The number of nitrogens with zero attached hydrogens (tertiary/aromatic N) is 1. The van der Waals surface area contributed by atoms with E-state index in [1.165, 1.54) is 0 Å². The normalized spacial score (nSPS) is 11.5. The highest BCUT2D eigenvalue weighted by Gasteiger charge is 2.20. The van der Waals surface area contributed by atoms with Gasteiger partial charge in [0, 0.05) is 18.0 Å². The van der Waals surface area contributed by atoms with Gasteiger partial charge in [-0.05, 0) is 17.5 Å². The lowest BCUT2D eigenvalue weighted by molar-refractivity contribution is -0.118. The lowest BCUT2D eigenvalue weighted by Crippen LogP contribution is -2.21. The molecule has 19 heavy (non-hydrogen) atoms. The third-order valence-corrected chi connectivity index (χ3v) is 3.50. The first-order valence-electron chi connectivity index (χ1n) is 6.65. The fourth-order valence-electron chi connectivity index (χ4n) is 1.96. The zero-order valence-electron chi connectivity index (χ0n) is 11.7. The van der Waals surface area contributed by atoms with Gasteiger partial charge in [-0.1, -0.05) is 45.4 Å². The van der Waals surface area contributed by atoms with E-state index in [0.717, 1.165) is 23.0 Å². The summed E-state index contributed by atoms with van der Waals surface area (Å²) in [5, 5.41) is 4.01. The van der Waals surface area contributed by atoms with E-state index in [1.807, 2.05) is 30.3 Å². The number of carbonyl (C=O) groups is 1. The molecule has 0 saturated carbocycles. The second kappa shape index (κ2) is 5.39. The third-order valence-electron chi connectivity index (χ3n) is 3.50. The summed E-state index contributed by atoms with van der Waals surface area (Å²) in [4.78, 5) is 16.4. The quantitative estimate of drug-likeness (QED) is 0.898. The molecule has 1 aromatic heterocycles. The van der Waals surface area contributed by atoms with E-state index in [9.17, 15) is 4.79 Å². The Hall–Kier alpha value is -1.90. The number of hydrogen-bond acceptors (Lipinski definition) is 2. The van der Waals surface area contributed by atoms with Crippen LogP contribution in [0.1, 0.15) is 33.6 Å². The number of nitrogens with one attached hydrogen (secondary N) is 1. The molecule has 0 fully saturated rings. The molecule has 1 N–H and O–H groups in total. The molecule has 0 radical (unpaired) electrons. The van der Waals surface area contributed by atoms with E-state index in [2.05, 4.69) is 31.1 Å². The summed E-state index contributed by atoms with van der Waals surface area (Å²) in [6.07, 6.45) is 3.24. The van der Waals surface area contributed by atoms with E-state index in [-0.39, 0.29) is 11.3 Å². The van der Waals surface area contributed by atoms with Crippen molar-refractivity contribution in [2.75, 3.05) is 5.32 Å². The van der Waals surface area contributed by atoms with Crippen LogP contribution in [0.4, 0.5) is 5.69 Å². The molecule has 0 unspecified atom stereocenters. The van der Waals surface area contributed by atoms with E-state index in [1.54, 1.807) is 6.20 Å². The van der Waals surface area contributed by atoms with Crippen LogP contribution in [-0.2, 0) is 4.79 Å². The summed E-state index contributed by atoms with van der Waals surface area (Å²) in [6.45, 7) is 6.31. The molecule has 0 bridgehead atoms. The molecule has 1 heterocycles. The average Bonchev–Trinajstić information content (AvgIpc) is 2.38. The fourth-order valence-corrected chi connectivity index (χ4v) is 1.96. The number of amides is 1. The Morgan fingerprint density at radius 3 is 2.74 bits per heavy atom. The summed E-state index contributed by atoms with van der Waals surface area (Å²) >= 11 is 0. The minimum absolute atomic E-state index is 0.0299. The molecule has 1 amide bonds. The topological polar surface area (TPSA) is 42.0 Å². The minimum Gasteiger partial charge on any atom is -0.324 e. The molecule has 0 aliphatic rings. The Labute approximate surface area is 114 Å². The molecular formula is C16H20N2O. The Balaban J connectivity index is 2.20. The van der Waals surface area contributed by atoms with Gasteiger partial charge in [0.05, 0.1) is 11.2 Å². The summed E-state index contributed by atoms with van der Waals surface area (Å²) < 4.78 is 0. The van der Waals surface area contributed by atoms with Crippen LogP contribution in [-0.4, -0.2) is 10.9 Å². The third kappa shape index (κ3) is 3.31. The predicted octanol–water partition coefficient (Wildman–Crippen LogP) is 4.00. The Bertz CT molecular complexity index is 585. The zero-order valence-corrected chi connectivity index (χ0v) is 11.7. The second-order valence-corrected chi connectivity index (χ2v) is 5.62. The molecule has 1 aromatic carbocycles. The zero-order chi connectivity index (χ0) is 13.9. The van der Waals surface area contributed by atoms with Crippen molar-refractivity contribution in [2.24, 2.45) is 5.41 Å². The van der Waals surface area contributed by atoms with Crippen LogP contribution in [0.15, 0.2) is 36.5 Å². The van der Waals surface area contributed by atoms with Gasteiger partial charge in [-0.25, -0.2) is 0 Å². The average molecular weight is 256 g/mol. The van der Waals surface area contributed by atoms with Gasteiger partial charge >= 0.3 is 0 Å². The monoisotopic (exact) mass is 256 g/mol. The highest BCUT2D eigenvalue weighted by molar-refractivity contribution is 6.00. The van der Waals surface area contributed by atoms with Crippen molar-refractivity contribution in [1.82, 2.24) is 4.98 Å². The summed E-state index contributed by atoms with van der Waals surface area (Å²) in [5.41, 5.74) is 1.66. The van der Waals surface area contributed by atoms with Gasteiger partial charge in [0.1, 0.15) is 0 Å². The number of hydrogen-bond donors (Lipinski definition) is 1.